The molecule has 4 nitrogen and oxygen atoms in total. The van der Waals surface area contributed by atoms with Crippen molar-refractivity contribution in [2.24, 2.45) is 0 Å². The zero-order valence-corrected chi connectivity index (χ0v) is 5.62. The molecule has 10 heavy (non-hydrogen) atoms. The number of aldehydes is 1. The molecule has 1 heterocycles. The Kier molecular flexibility index (Phi) is 3.35. The van der Waals surface area contributed by atoms with Gasteiger partial charge in [-0.1, -0.05) is 0 Å². The van der Waals surface area contributed by atoms with Gasteiger partial charge in [0, 0.05) is 0 Å². The summed E-state index contributed by atoms with van der Waals surface area (Å²) in [4.78, 5) is 9.72. The molecule has 0 spiro atoms. The number of rotatable bonds is 6. The lowest BCUT2D eigenvalue weighted by Crippen LogP contribution is -2.07. The van der Waals surface area contributed by atoms with Gasteiger partial charge in [0.15, 0.2) is 6.29 Å². The van der Waals surface area contributed by atoms with Gasteiger partial charge in [-0.15, -0.1) is 0 Å². The van der Waals surface area contributed by atoms with Gasteiger partial charge in [0.2, 0.25) is 0 Å². The smallest absolute Gasteiger partial charge is 0.181 e. The first kappa shape index (κ1) is 7.65. The van der Waals surface area contributed by atoms with Gasteiger partial charge < -0.3 is 19.0 Å². The predicted octanol–water partition coefficient (Wildman–Crippen LogP) is -0.425. The van der Waals surface area contributed by atoms with Crippen molar-refractivity contribution in [2.75, 3.05) is 26.4 Å². The number of hydrogen-bond donors (Lipinski definition) is 0. The Morgan fingerprint density at radius 3 is 3.00 bits per heavy atom. The van der Waals surface area contributed by atoms with Crippen LogP contribution in [-0.4, -0.2) is 39.0 Å². The lowest BCUT2D eigenvalue weighted by atomic mass is 10.7. The van der Waals surface area contributed by atoms with Crippen LogP contribution < -0.4 is 0 Å². The van der Waals surface area contributed by atoms with Gasteiger partial charge in [0.05, 0.1) is 13.2 Å². The summed E-state index contributed by atoms with van der Waals surface area (Å²) >= 11 is 0. The van der Waals surface area contributed by atoms with Gasteiger partial charge in [0.1, 0.15) is 19.5 Å². The monoisotopic (exact) mass is 146 g/mol. The third kappa shape index (κ3) is 3.55. The summed E-state index contributed by atoms with van der Waals surface area (Å²) in [5.74, 6) is 0. The largest absolute Gasteiger partial charge is 0.372 e. The molecule has 1 atom stereocenters. The van der Waals surface area contributed by atoms with Gasteiger partial charge in [-0.05, 0) is 0 Å². The zero-order chi connectivity index (χ0) is 7.23. The van der Waals surface area contributed by atoms with Crippen molar-refractivity contribution in [3.63, 3.8) is 0 Å². The molecule has 0 bridgehead atoms. The maximum Gasteiger partial charge on any atom is 0.181 e. The molecule has 0 saturated carbocycles. The minimum atomic E-state index is -0.0140. The van der Waals surface area contributed by atoms with Crippen LogP contribution in [0.5, 0.6) is 0 Å². The van der Waals surface area contributed by atoms with Crippen molar-refractivity contribution in [1.82, 2.24) is 0 Å². The fourth-order valence-electron chi connectivity index (χ4n) is 0.505. The maximum absolute atomic E-state index is 9.72. The Hall–Kier alpha value is -0.450. The summed E-state index contributed by atoms with van der Waals surface area (Å²) in [7, 11) is 0. The van der Waals surface area contributed by atoms with Crippen LogP contribution in [0.3, 0.4) is 0 Å². The molecule has 0 aromatic carbocycles. The van der Waals surface area contributed by atoms with E-state index in [4.69, 9.17) is 14.2 Å². The molecule has 1 saturated heterocycles. The Labute approximate surface area is 59.1 Å². The molecule has 0 N–H and O–H groups in total. The van der Waals surface area contributed by atoms with Crippen molar-refractivity contribution < 1.29 is 19.0 Å². The van der Waals surface area contributed by atoms with Crippen molar-refractivity contribution >= 4 is 6.29 Å². The molecule has 1 rings (SSSR count). The van der Waals surface area contributed by atoms with E-state index in [9.17, 15) is 4.79 Å². The van der Waals surface area contributed by atoms with Gasteiger partial charge >= 0.3 is 0 Å². The predicted molar refractivity (Wildman–Crippen MR) is 32.6 cm³/mol. The van der Waals surface area contributed by atoms with Crippen LogP contribution in [0.2, 0.25) is 0 Å². The van der Waals surface area contributed by atoms with Crippen LogP contribution in [0.1, 0.15) is 0 Å². The molecule has 1 unspecified atom stereocenters. The van der Waals surface area contributed by atoms with Gasteiger partial charge in [-0.2, -0.15) is 0 Å². The molecular weight excluding hydrogens is 136 g/mol. The number of epoxide rings is 1. The summed E-state index contributed by atoms with van der Waals surface area (Å²) in [5.41, 5.74) is 0. The standard InChI is InChI=1S/C6H10O4/c7-1-2-8-3-4-9-6-5-10-6/h1,6H,2-5H2. The molecule has 0 aromatic rings. The molecular formula is C6H10O4. The van der Waals surface area contributed by atoms with Gasteiger partial charge in [-0.25, -0.2) is 0 Å². The fraction of sp³-hybridized carbons (Fsp3) is 0.833. The highest BCUT2D eigenvalue weighted by molar-refractivity contribution is 5.50. The summed E-state index contributed by atoms with van der Waals surface area (Å²) in [6, 6.07) is 0. The molecule has 0 aliphatic carbocycles. The molecule has 4 heteroatoms. The molecule has 1 aliphatic heterocycles. The summed E-state index contributed by atoms with van der Waals surface area (Å²) < 4.78 is 14.6. The van der Waals surface area contributed by atoms with E-state index in [-0.39, 0.29) is 12.9 Å². The minimum Gasteiger partial charge on any atom is -0.372 e. The fourth-order valence-corrected chi connectivity index (χ4v) is 0.505. The number of ether oxygens (including phenoxy) is 3. The first-order valence-electron chi connectivity index (χ1n) is 3.18. The van der Waals surface area contributed by atoms with E-state index in [1.165, 1.54) is 0 Å². The van der Waals surface area contributed by atoms with Gasteiger partial charge in [0.25, 0.3) is 0 Å². The Morgan fingerprint density at radius 1 is 1.60 bits per heavy atom. The second kappa shape index (κ2) is 4.38. The number of carbonyl (C=O) groups is 1. The van der Waals surface area contributed by atoms with Crippen molar-refractivity contribution in [3.8, 4) is 0 Å². The van der Waals surface area contributed by atoms with E-state index in [1.54, 1.807) is 0 Å². The Bertz CT molecular complexity index is 99.9. The second-order valence-electron chi connectivity index (χ2n) is 1.88. The van der Waals surface area contributed by atoms with Crippen LogP contribution >= 0.6 is 0 Å². The normalized spacial score (nSPS) is 22.6. The third-order valence-corrected chi connectivity index (χ3v) is 1.02. The molecule has 0 radical (unpaired) electrons. The summed E-state index contributed by atoms with van der Waals surface area (Å²) in [6.07, 6.45) is 0.702. The SMILES string of the molecule is O=CCOCCOC1CO1. The Balaban J connectivity index is 1.72. The average Bonchev–Trinajstić information content (AvgIpc) is 2.71. The zero-order valence-electron chi connectivity index (χ0n) is 5.62. The number of carbonyl (C=O) groups excluding carboxylic acids is 1. The highest BCUT2D eigenvalue weighted by atomic mass is 16.8. The molecule has 1 fully saturated rings. The van der Waals surface area contributed by atoms with Crippen LogP contribution in [0, 0.1) is 0 Å². The minimum absolute atomic E-state index is 0.0140. The maximum atomic E-state index is 9.72. The van der Waals surface area contributed by atoms with Crippen molar-refractivity contribution in [2.45, 2.75) is 6.29 Å². The van der Waals surface area contributed by atoms with Crippen LogP contribution in [0.15, 0.2) is 0 Å². The second-order valence-corrected chi connectivity index (χ2v) is 1.88. The quantitative estimate of drug-likeness (QED) is 0.290. The Morgan fingerprint density at radius 2 is 2.40 bits per heavy atom. The van der Waals surface area contributed by atoms with E-state index >= 15 is 0 Å². The average molecular weight is 146 g/mol. The van der Waals surface area contributed by atoms with Gasteiger partial charge in [-0.3, -0.25) is 0 Å². The van der Waals surface area contributed by atoms with E-state index in [0.717, 1.165) is 0 Å². The van der Waals surface area contributed by atoms with Crippen LogP contribution in [-0.2, 0) is 19.0 Å². The first-order valence-corrected chi connectivity index (χ1v) is 3.18. The van der Waals surface area contributed by atoms with E-state index in [0.29, 0.717) is 26.1 Å². The highest BCUT2D eigenvalue weighted by Gasteiger charge is 2.22. The third-order valence-electron chi connectivity index (χ3n) is 1.02. The first-order chi connectivity index (χ1) is 4.93. The lowest BCUT2D eigenvalue weighted by Gasteiger charge is -1.98. The van der Waals surface area contributed by atoms with Crippen LogP contribution in [0.4, 0.5) is 0 Å². The molecule has 1 aliphatic rings. The van der Waals surface area contributed by atoms with E-state index < -0.39 is 0 Å². The van der Waals surface area contributed by atoms with E-state index in [1.807, 2.05) is 0 Å². The number of hydrogen-bond acceptors (Lipinski definition) is 4. The summed E-state index contributed by atoms with van der Waals surface area (Å²) in [5, 5.41) is 0. The van der Waals surface area contributed by atoms with Crippen molar-refractivity contribution in [3.05, 3.63) is 0 Å². The lowest BCUT2D eigenvalue weighted by molar-refractivity contribution is -0.112. The van der Waals surface area contributed by atoms with E-state index in [2.05, 4.69) is 0 Å². The molecule has 0 aromatic heterocycles. The molecule has 0 amide bonds. The van der Waals surface area contributed by atoms with Crippen LogP contribution in [0.25, 0.3) is 0 Å². The topological polar surface area (TPSA) is 48.1 Å². The molecule has 58 valence electrons. The summed E-state index contributed by atoms with van der Waals surface area (Å²) in [6.45, 7) is 1.79. The highest BCUT2D eigenvalue weighted by Crippen LogP contribution is 2.08. The van der Waals surface area contributed by atoms with Crippen molar-refractivity contribution in [1.29, 1.82) is 0 Å².